The second-order valence-electron chi connectivity index (χ2n) is 3.34. The second kappa shape index (κ2) is 3.74. The van der Waals surface area contributed by atoms with Crippen LogP contribution in [0, 0.1) is 18.2 Å². The molecule has 15 heavy (non-hydrogen) atoms. The zero-order valence-corrected chi connectivity index (χ0v) is 8.50. The fraction of sp³-hybridized carbons (Fsp3) is 0.250. The molecule has 0 spiro atoms. The van der Waals surface area contributed by atoms with Gasteiger partial charge in [0.2, 0.25) is 0 Å². The van der Waals surface area contributed by atoms with Crippen LogP contribution in [0.25, 0.3) is 11.0 Å². The van der Waals surface area contributed by atoms with Crippen LogP contribution in [0.4, 0.5) is 4.39 Å². The van der Waals surface area contributed by atoms with Crippen LogP contribution in [0.5, 0.6) is 0 Å². The number of para-hydroxylation sites is 1. The third kappa shape index (κ3) is 1.48. The fourth-order valence-electron chi connectivity index (χ4n) is 1.67. The summed E-state index contributed by atoms with van der Waals surface area (Å²) in [5, 5.41) is 0. The second-order valence-corrected chi connectivity index (χ2v) is 3.34. The number of aryl methyl sites for hydroxylation is 1. The van der Waals surface area contributed by atoms with Crippen LogP contribution in [0.2, 0.25) is 0 Å². The van der Waals surface area contributed by atoms with Crippen molar-refractivity contribution in [3.05, 3.63) is 29.8 Å². The number of hydrogen-bond acceptors (Lipinski definition) is 1. The number of rotatable bonds is 2. The first-order chi connectivity index (χ1) is 7.27. The van der Waals surface area contributed by atoms with Crippen LogP contribution < -0.4 is 0 Å². The molecule has 2 rings (SSSR count). The summed E-state index contributed by atoms with van der Waals surface area (Å²) in [7, 11) is 0. The first kappa shape index (κ1) is 9.72. The molecular weight excluding hydrogens is 191 g/mol. The molecule has 0 aliphatic carbocycles. The van der Waals surface area contributed by atoms with Gasteiger partial charge in [-0.05, 0) is 24.5 Å². The molecule has 0 radical (unpaired) electrons. The fourth-order valence-corrected chi connectivity index (χ4v) is 1.67. The number of halogens is 1. The van der Waals surface area contributed by atoms with E-state index >= 15 is 0 Å². The van der Waals surface area contributed by atoms with E-state index in [0.717, 1.165) is 18.5 Å². The highest BCUT2D eigenvalue weighted by Gasteiger charge is 2.10. The van der Waals surface area contributed by atoms with Gasteiger partial charge >= 0.3 is 0 Å². The molecule has 0 atom stereocenters. The molecule has 76 valence electrons. The maximum Gasteiger partial charge on any atom is 0.186 e. The SMILES string of the molecule is C#Cc1nc2c(F)cccc2n1CCC. The number of aromatic nitrogens is 2. The molecule has 0 saturated heterocycles. The summed E-state index contributed by atoms with van der Waals surface area (Å²) in [4.78, 5) is 4.10. The van der Waals surface area contributed by atoms with Crippen molar-refractivity contribution in [1.82, 2.24) is 9.55 Å². The molecule has 1 heterocycles. The summed E-state index contributed by atoms with van der Waals surface area (Å²) in [6.07, 6.45) is 6.28. The standard InChI is InChI=1S/C12H11FN2/c1-3-8-15-10-7-5-6-9(13)12(10)14-11(15)4-2/h2,5-7H,3,8H2,1H3. The van der Waals surface area contributed by atoms with Crippen molar-refractivity contribution in [2.75, 3.05) is 0 Å². The largest absolute Gasteiger partial charge is 0.317 e. The molecule has 0 saturated carbocycles. The van der Waals surface area contributed by atoms with Gasteiger partial charge in [-0.25, -0.2) is 9.37 Å². The van der Waals surface area contributed by atoms with Gasteiger partial charge in [0, 0.05) is 6.54 Å². The number of fused-ring (bicyclic) bond motifs is 1. The zero-order chi connectivity index (χ0) is 10.8. The van der Waals surface area contributed by atoms with Gasteiger partial charge in [-0.3, -0.25) is 0 Å². The first-order valence-electron chi connectivity index (χ1n) is 4.89. The Morgan fingerprint density at radius 3 is 3.00 bits per heavy atom. The summed E-state index contributed by atoms with van der Waals surface area (Å²) in [6, 6.07) is 4.90. The average Bonchev–Trinajstić information content (AvgIpc) is 2.59. The molecule has 2 nitrogen and oxygen atoms in total. The minimum atomic E-state index is -0.321. The Hall–Kier alpha value is -1.82. The lowest BCUT2D eigenvalue weighted by atomic mass is 10.3. The van der Waals surface area contributed by atoms with Crippen molar-refractivity contribution in [3.63, 3.8) is 0 Å². The number of hydrogen-bond donors (Lipinski definition) is 0. The summed E-state index contributed by atoms with van der Waals surface area (Å²) in [6.45, 7) is 2.81. The Morgan fingerprint density at radius 2 is 2.33 bits per heavy atom. The van der Waals surface area contributed by atoms with Gasteiger partial charge in [-0.1, -0.05) is 13.0 Å². The van der Waals surface area contributed by atoms with E-state index in [-0.39, 0.29) is 5.82 Å². The third-order valence-electron chi connectivity index (χ3n) is 2.31. The summed E-state index contributed by atoms with van der Waals surface area (Å²) in [5.74, 6) is 2.66. The molecule has 1 aromatic carbocycles. The molecule has 1 aromatic heterocycles. The molecule has 0 aliphatic heterocycles. The molecule has 0 unspecified atom stereocenters. The van der Waals surface area contributed by atoms with Crippen molar-refractivity contribution in [2.24, 2.45) is 0 Å². The molecule has 0 aliphatic rings. The van der Waals surface area contributed by atoms with E-state index in [1.54, 1.807) is 6.07 Å². The van der Waals surface area contributed by atoms with Crippen LogP contribution in [-0.4, -0.2) is 9.55 Å². The van der Waals surface area contributed by atoms with Gasteiger partial charge in [-0.2, -0.15) is 0 Å². The Kier molecular flexibility index (Phi) is 2.42. The Morgan fingerprint density at radius 1 is 1.53 bits per heavy atom. The highest BCUT2D eigenvalue weighted by atomic mass is 19.1. The van der Waals surface area contributed by atoms with Gasteiger partial charge in [0.15, 0.2) is 11.6 Å². The molecular formula is C12H11FN2. The topological polar surface area (TPSA) is 17.8 Å². The highest BCUT2D eigenvalue weighted by molar-refractivity contribution is 5.77. The van der Waals surface area contributed by atoms with Gasteiger partial charge < -0.3 is 4.57 Å². The van der Waals surface area contributed by atoms with Crippen molar-refractivity contribution < 1.29 is 4.39 Å². The van der Waals surface area contributed by atoms with Gasteiger partial charge in [0.05, 0.1) is 5.52 Å². The normalized spacial score (nSPS) is 10.5. The third-order valence-corrected chi connectivity index (χ3v) is 2.31. The lowest BCUT2D eigenvalue weighted by Gasteiger charge is -2.02. The van der Waals surface area contributed by atoms with E-state index in [0.29, 0.717) is 11.3 Å². The van der Waals surface area contributed by atoms with Crippen LogP contribution in [0.15, 0.2) is 18.2 Å². The van der Waals surface area contributed by atoms with Gasteiger partial charge in [-0.15, -0.1) is 6.42 Å². The van der Waals surface area contributed by atoms with E-state index in [9.17, 15) is 4.39 Å². The van der Waals surface area contributed by atoms with E-state index < -0.39 is 0 Å². The van der Waals surface area contributed by atoms with Crippen molar-refractivity contribution in [2.45, 2.75) is 19.9 Å². The van der Waals surface area contributed by atoms with E-state index in [1.807, 2.05) is 17.6 Å². The number of terminal acetylenes is 1. The Bertz CT molecular complexity index is 534. The maximum absolute atomic E-state index is 13.4. The molecule has 0 bridgehead atoms. The first-order valence-corrected chi connectivity index (χ1v) is 4.89. The predicted octanol–water partition coefficient (Wildman–Crippen LogP) is 2.57. The number of benzene rings is 1. The Balaban J connectivity index is 2.76. The highest BCUT2D eigenvalue weighted by Crippen LogP contribution is 2.19. The van der Waals surface area contributed by atoms with E-state index in [4.69, 9.17) is 6.42 Å². The van der Waals surface area contributed by atoms with Crippen molar-refractivity contribution >= 4 is 11.0 Å². The maximum atomic E-state index is 13.4. The molecule has 3 heteroatoms. The minimum Gasteiger partial charge on any atom is -0.317 e. The minimum absolute atomic E-state index is 0.321. The van der Waals surface area contributed by atoms with Crippen molar-refractivity contribution in [1.29, 1.82) is 0 Å². The number of imidazole rings is 1. The lowest BCUT2D eigenvalue weighted by Crippen LogP contribution is -1.99. The number of nitrogens with zero attached hydrogens (tertiary/aromatic N) is 2. The monoisotopic (exact) mass is 202 g/mol. The van der Waals surface area contributed by atoms with Crippen LogP contribution in [0.3, 0.4) is 0 Å². The molecule has 0 N–H and O–H groups in total. The smallest absolute Gasteiger partial charge is 0.186 e. The zero-order valence-electron chi connectivity index (χ0n) is 8.50. The summed E-state index contributed by atoms with van der Waals surface area (Å²) >= 11 is 0. The summed E-state index contributed by atoms with van der Waals surface area (Å²) in [5.41, 5.74) is 1.13. The Labute approximate surface area is 87.7 Å². The summed E-state index contributed by atoms with van der Waals surface area (Å²) < 4.78 is 15.3. The van der Waals surface area contributed by atoms with Gasteiger partial charge in [0.1, 0.15) is 5.52 Å². The predicted molar refractivity (Wildman–Crippen MR) is 57.9 cm³/mol. The molecule has 0 amide bonds. The molecule has 2 aromatic rings. The lowest BCUT2D eigenvalue weighted by molar-refractivity contribution is 0.637. The van der Waals surface area contributed by atoms with Gasteiger partial charge in [0.25, 0.3) is 0 Å². The quantitative estimate of drug-likeness (QED) is 0.684. The van der Waals surface area contributed by atoms with Crippen molar-refractivity contribution in [3.8, 4) is 12.3 Å². The van der Waals surface area contributed by atoms with Crippen LogP contribution in [-0.2, 0) is 6.54 Å². The van der Waals surface area contributed by atoms with E-state index in [2.05, 4.69) is 10.9 Å². The van der Waals surface area contributed by atoms with E-state index in [1.165, 1.54) is 6.07 Å². The van der Waals surface area contributed by atoms with Crippen LogP contribution >= 0.6 is 0 Å². The van der Waals surface area contributed by atoms with Crippen LogP contribution in [0.1, 0.15) is 19.2 Å². The average molecular weight is 202 g/mol. The molecule has 0 fully saturated rings.